The Morgan fingerprint density at radius 2 is 2.00 bits per heavy atom. The number of hydrogen-bond donors (Lipinski definition) is 4. The molecule has 0 heterocycles. The Hall–Kier alpha value is -1.26. The van der Waals surface area contributed by atoms with E-state index in [0.29, 0.717) is 6.04 Å². The highest BCUT2D eigenvalue weighted by Crippen LogP contribution is 2.39. The molecule has 1 saturated carbocycles. The second kappa shape index (κ2) is 5.02. The molecule has 0 aromatic heterocycles. The van der Waals surface area contributed by atoms with E-state index in [0.717, 1.165) is 29.7 Å². The van der Waals surface area contributed by atoms with Crippen LogP contribution in [0.25, 0.3) is 0 Å². The second-order valence-electron chi connectivity index (χ2n) is 5.66. The molecule has 2 aliphatic carbocycles. The second-order valence-corrected chi connectivity index (χ2v) is 5.66. The molecule has 4 nitrogen and oxygen atoms in total. The predicted molar refractivity (Wildman–Crippen MR) is 75.5 cm³/mol. The van der Waals surface area contributed by atoms with Gasteiger partial charge >= 0.3 is 0 Å². The molecule has 0 spiro atoms. The normalized spacial score (nSPS) is 26.6. The third kappa shape index (κ3) is 2.19. The third-order valence-corrected chi connectivity index (χ3v) is 4.54. The van der Waals surface area contributed by atoms with Crippen LogP contribution in [0.1, 0.15) is 42.9 Å². The number of aliphatic hydroxyl groups excluding tert-OH is 1. The average Bonchev–Trinajstić information content (AvgIpc) is 2.36. The van der Waals surface area contributed by atoms with Crippen molar-refractivity contribution in [1.29, 1.82) is 0 Å². The SMILES string of the molecule is CNc1c(O)ccc2c1CCC(NC1CCC1)C2O. The maximum atomic E-state index is 10.5. The quantitative estimate of drug-likeness (QED) is 0.629. The summed E-state index contributed by atoms with van der Waals surface area (Å²) in [6.45, 7) is 0. The first-order valence-corrected chi connectivity index (χ1v) is 7.17. The van der Waals surface area contributed by atoms with Gasteiger partial charge in [0.15, 0.2) is 0 Å². The van der Waals surface area contributed by atoms with Gasteiger partial charge in [-0.05, 0) is 42.9 Å². The molecule has 4 heteroatoms. The van der Waals surface area contributed by atoms with E-state index in [1.54, 1.807) is 13.1 Å². The van der Waals surface area contributed by atoms with E-state index in [2.05, 4.69) is 10.6 Å². The highest BCUT2D eigenvalue weighted by Gasteiger charge is 2.32. The molecule has 3 rings (SSSR count). The number of fused-ring (bicyclic) bond motifs is 1. The van der Waals surface area contributed by atoms with Crippen molar-refractivity contribution in [2.45, 2.75) is 50.3 Å². The summed E-state index contributed by atoms with van der Waals surface area (Å²) in [5.74, 6) is 0.263. The van der Waals surface area contributed by atoms with Crippen LogP contribution in [-0.2, 0) is 6.42 Å². The molecule has 2 aliphatic rings. The van der Waals surface area contributed by atoms with E-state index in [4.69, 9.17) is 0 Å². The first-order valence-electron chi connectivity index (χ1n) is 7.17. The van der Waals surface area contributed by atoms with Gasteiger partial charge in [0.1, 0.15) is 5.75 Å². The summed E-state index contributed by atoms with van der Waals surface area (Å²) in [4.78, 5) is 0. The molecular formula is C15H22N2O2. The van der Waals surface area contributed by atoms with Gasteiger partial charge in [-0.15, -0.1) is 0 Å². The summed E-state index contributed by atoms with van der Waals surface area (Å²) in [5.41, 5.74) is 2.77. The van der Waals surface area contributed by atoms with Gasteiger partial charge < -0.3 is 20.8 Å². The first-order chi connectivity index (χ1) is 9.20. The van der Waals surface area contributed by atoms with E-state index in [-0.39, 0.29) is 11.8 Å². The van der Waals surface area contributed by atoms with Crippen LogP contribution in [0, 0.1) is 0 Å². The van der Waals surface area contributed by atoms with Crippen LogP contribution in [0.3, 0.4) is 0 Å². The molecule has 1 aromatic rings. The number of aliphatic hydroxyl groups is 1. The Balaban J connectivity index is 1.84. The smallest absolute Gasteiger partial charge is 0.138 e. The lowest BCUT2D eigenvalue weighted by Gasteiger charge is -2.37. The van der Waals surface area contributed by atoms with Crippen molar-refractivity contribution in [2.75, 3.05) is 12.4 Å². The van der Waals surface area contributed by atoms with Crippen LogP contribution in [-0.4, -0.2) is 29.3 Å². The molecule has 0 amide bonds. The fourth-order valence-electron chi connectivity index (χ4n) is 3.20. The Bertz CT molecular complexity index is 471. The summed E-state index contributed by atoms with van der Waals surface area (Å²) in [7, 11) is 1.81. The monoisotopic (exact) mass is 262 g/mol. The predicted octanol–water partition coefficient (Wildman–Crippen LogP) is 1.92. The Morgan fingerprint density at radius 1 is 1.21 bits per heavy atom. The number of phenolic OH excluding ortho intramolecular Hbond substituents is 1. The van der Waals surface area contributed by atoms with Crippen molar-refractivity contribution in [3.8, 4) is 5.75 Å². The highest BCUT2D eigenvalue weighted by atomic mass is 16.3. The fourth-order valence-corrected chi connectivity index (χ4v) is 3.20. The van der Waals surface area contributed by atoms with Crippen molar-refractivity contribution in [3.63, 3.8) is 0 Å². The number of nitrogens with one attached hydrogen (secondary N) is 2. The molecule has 0 saturated heterocycles. The van der Waals surface area contributed by atoms with Crippen LogP contribution in [0.2, 0.25) is 0 Å². The molecule has 2 atom stereocenters. The van der Waals surface area contributed by atoms with Crippen molar-refractivity contribution in [1.82, 2.24) is 5.32 Å². The Kier molecular flexibility index (Phi) is 3.37. The summed E-state index contributed by atoms with van der Waals surface area (Å²) in [6, 6.07) is 4.25. The molecule has 0 aliphatic heterocycles. The number of phenols is 1. The summed E-state index contributed by atoms with van der Waals surface area (Å²) >= 11 is 0. The molecule has 104 valence electrons. The minimum absolute atomic E-state index is 0.145. The number of anilines is 1. The molecule has 1 aromatic carbocycles. The molecule has 2 unspecified atom stereocenters. The zero-order chi connectivity index (χ0) is 13.4. The summed E-state index contributed by atoms with van der Waals surface area (Å²) in [5, 5.41) is 27.0. The van der Waals surface area contributed by atoms with Crippen LogP contribution in [0.5, 0.6) is 5.75 Å². The van der Waals surface area contributed by atoms with E-state index in [1.165, 1.54) is 19.3 Å². The van der Waals surface area contributed by atoms with Crippen molar-refractivity contribution in [3.05, 3.63) is 23.3 Å². The van der Waals surface area contributed by atoms with Gasteiger partial charge in [-0.2, -0.15) is 0 Å². The van der Waals surface area contributed by atoms with Crippen molar-refractivity contribution in [2.24, 2.45) is 0 Å². The average molecular weight is 262 g/mol. The van der Waals surface area contributed by atoms with E-state index >= 15 is 0 Å². The lowest BCUT2D eigenvalue weighted by molar-refractivity contribution is 0.0993. The van der Waals surface area contributed by atoms with Gasteiger partial charge in [0.25, 0.3) is 0 Å². The maximum Gasteiger partial charge on any atom is 0.138 e. The molecule has 19 heavy (non-hydrogen) atoms. The standard InChI is InChI=1S/C15H22N2O2/c1-16-14-10-5-7-12(17-9-3-2-4-9)15(19)11(10)6-8-13(14)18/h6,8-9,12,15-19H,2-5,7H2,1H3. The molecule has 4 N–H and O–H groups in total. The molecule has 0 radical (unpaired) electrons. The number of benzene rings is 1. The van der Waals surface area contributed by atoms with E-state index in [1.807, 2.05) is 6.07 Å². The highest BCUT2D eigenvalue weighted by molar-refractivity contribution is 5.64. The summed E-state index contributed by atoms with van der Waals surface area (Å²) < 4.78 is 0. The largest absolute Gasteiger partial charge is 0.506 e. The minimum atomic E-state index is -0.475. The Labute approximate surface area is 113 Å². The lowest BCUT2D eigenvalue weighted by Crippen LogP contribution is -2.47. The van der Waals surface area contributed by atoms with Crippen LogP contribution in [0.4, 0.5) is 5.69 Å². The van der Waals surface area contributed by atoms with Crippen LogP contribution >= 0.6 is 0 Å². The third-order valence-electron chi connectivity index (χ3n) is 4.54. The zero-order valence-electron chi connectivity index (χ0n) is 11.3. The number of rotatable bonds is 3. The Morgan fingerprint density at radius 3 is 2.63 bits per heavy atom. The van der Waals surface area contributed by atoms with Gasteiger partial charge in [-0.25, -0.2) is 0 Å². The zero-order valence-corrected chi connectivity index (χ0v) is 11.3. The fraction of sp³-hybridized carbons (Fsp3) is 0.600. The van der Waals surface area contributed by atoms with Gasteiger partial charge in [-0.1, -0.05) is 12.5 Å². The van der Waals surface area contributed by atoms with Gasteiger partial charge in [0.05, 0.1) is 11.8 Å². The molecule has 0 bridgehead atoms. The maximum absolute atomic E-state index is 10.5. The number of hydrogen-bond acceptors (Lipinski definition) is 4. The lowest BCUT2D eigenvalue weighted by atomic mass is 9.83. The van der Waals surface area contributed by atoms with Crippen LogP contribution < -0.4 is 10.6 Å². The van der Waals surface area contributed by atoms with E-state index < -0.39 is 6.10 Å². The van der Waals surface area contributed by atoms with Gasteiger partial charge in [0, 0.05) is 19.1 Å². The van der Waals surface area contributed by atoms with Gasteiger partial charge in [0.2, 0.25) is 0 Å². The van der Waals surface area contributed by atoms with Crippen molar-refractivity contribution >= 4 is 5.69 Å². The first kappa shape index (κ1) is 12.8. The summed E-state index contributed by atoms with van der Waals surface area (Å²) in [6.07, 6.45) is 5.09. The van der Waals surface area contributed by atoms with Gasteiger partial charge in [-0.3, -0.25) is 0 Å². The van der Waals surface area contributed by atoms with Crippen molar-refractivity contribution < 1.29 is 10.2 Å². The molecular weight excluding hydrogens is 240 g/mol. The number of aromatic hydroxyl groups is 1. The topological polar surface area (TPSA) is 64.5 Å². The molecule has 1 fully saturated rings. The van der Waals surface area contributed by atoms with Crippen LogP contribution in [0.15, 0.2) is 12.1 Å². The minimum Gasteiger partial charge on any atom is -0.506 e. The van der Waals surface area contributed by atoms with E-state index in [9.17, 15) is 10.2 Å².